The smallest absolute Gasteiger partial charge is 0.334 e. The van der Waals surface area contributed by atoms with E-state index in [-0.39, 0.29) is 6.61 Å². The van der Waals surface area contributed by atoms with Gasteiger partial charge in [0.25, 0.3) is 0 Å². The first-order valence-electron chi connectivity index (χ1n) is 9.24. The number of nitrogens with one attached hydrogen (secondary N) is 1. The number of hydrogen-bond acceptors (Lipinski definition) is 6. The average molecular weight is 360 g/mol. The molecular formula is C20H28N2O4. The summed E-state index contributed by atoms with van der Waals surface area (Å²) in [6.07, 6.45) is 6.35. The van der Waals surface area contributed by atoms with E-state index in [4.69, 9.17) is 4.74 Å². The Morgan fingerprint density at radius 2 is 2.12 bits per heavy atom. The molecule has 0 unspecified atom stereocenters. The van der Waals surface area contributed by atoms with Crippen LogP contribution in [0.25, 0.3) is 0 Å². The molecule has 2 heterocycles. The average Bonchev–Trinajstić information content (AvgIpc) is 3.15. The zero-order valence-corrected chi connectivity index (χ0v) is 15.8. The number of esters is 1. The lowest BCUT2D eigenvalue weighted by molar-refractivity contribution is -0.159. The predicted octanol–water partition coefficient (Wildman–Crippen LogP) is 2.25. The molecule has 2 rings (SSSR count). The SMILES string of the molecule is CCC(C)(C)C(=O)C(=O)[C@@]1(C(=O)OCCCc2cccnc2)CCCN1. The van der Waals surface area contributed by atoms with E-state index in [1.54, 1.807) is 26.2 Å². The van der Waals surface area contributed by atoms with Gasteiger partial charge in [-0.1, -0.05) is 26.8 Å². The number of nitrogens with zero attached hydrogens (tertiary/aromatic N) is 1. The number of rotatable bonds is 9. The molecule has 6 heteroatoms. The van der Waals surface area contributed by atoms with Crippen molar-refractivity contribution in [3.8, 4) is 0 Å². The molecule has 1 fully saturated rings. The van der Waals surface area contributed by atoms with Crippen LogP contribution in [-0.4, -0.2) is 41.2 Å². The van der Waals surface area contributed by atoms with Crippen molar-refractivity contribution in [1.29, 1.82) is 0 Å². The molecule has 6 nitrogen and oxygen atoms in total. The van der Waals surface area contributed by atoms with Crippen molar-refractivity contribution < 1.29 is 19.1 Å². The molecule has 0 spiro atoms. The number of hydrogen-bond donors (Lipinski definition) is 1. The maximum Gasteiger partial charge on any atom is 0.334 e. The van der Waals surface area contributed by atoms with Gasteiger partial charge in [0.1, 0.15) is 0 Å². The van der Waals surface area contributed by atoms with Crippen LogP contribution in [0.2, 0.25) is 0 Å². The van der Waals surface area contributed by atoms with Gasteiger partial charge in [0.05, 0.1) is 6.61 Å². The fourth-order valence-electron chi connectivity index (χ4n) is 2.98. The molecule has 1 aliphatic heterocycles. The maximum atomic E-state index is 12.8. The lowest BCUT2D eigenvalue weighted by Gasteiger charge is -2.29. The van der Waals surface area contributed by atoms with Crippen LogP contribution in [0.5, 0.6) is 0 Å². The fraction of sp³-hybridized carbons (Fsp3) is 0.600. The molecule has 142 valence electrons. The lowest BCUT2D eigenvalue weighted by Crippen LogP contribution is -2.59. The van der Waals surface area contributed by atoms with E-state index < -0.39 is 28.5 Å². The normalized spacial score (nSPS) is 20.0. The fourth-order valence-corrected chi connectivity index (χ4v) is 2.98. The summed E-state index contributed by atoms with van der Waals surface area (Å²) in [6, 6.07) is 3.82. The second-order valence-electron chi connectivity index (χ2n) is 7.43. The number of ketones is 2. The zero-order chi connectivity index (χ0) is 19.2. The number of aryl methyl sites for hydroxylation is 1. The molecule has 0 aromatic carbocycles. The second-order valence-corrected chi connectivity index (χ2v) is 7.43. The van der Waals surface area contributed by atoms with Gasteiger partial charge in [-0.25, -0.2) is 4.79 Å². The molecule has 0 bridgehead atoms. The standard InChI is InChI=1S/C20H28N2O4/c1-4-19(2,3)16(23)17(24)20(10-7-12-22-20)18(25)26-13-6-9-15-8-5-11-21-14-15/h5,8,11,14,22H,4,6-7,9-10,12-13H2,1-3H3/t20-/m1/s1. The van der Waals surface area contributed by atoms with E-state index >= 15 is 0 Å². The molecular weight excluding hydrogens is 332 g/mol. The molecule has 1 atom stereocenters. The summed E-state index contributed by atoms with van der Waals surface area (Å²) in [5, 5.41) is 2.95. The summed E-state index contributed by atoms with van der Waals surface area (Å²) < 4.78 is 5.37. The van der Waals surface area contributed by atoms with Crippen molar-refractivity contribution in [2.45, 2.75) is 58.4 Å². The summed E-state index contributed by atoms with van der Waals surface area (Å²) in [5.74, 6) is -1.81. The summed E-state index contributed by atoms with van der Waals surface area (Å²) in [6.45, 7) is 6.05. The third kappa shape index (κ3) is 4.36. The quantitative estimate of drug-likeness (QED) is 0.315. The van der Waals surface area contributed by atoms with Crippen LogP contribution in [0.15, 0.2) is 24.5 Å². The molecule has 1 saturated heterocycles. The monoisotopic (exact) mass is 360 g/mol. The van der Waals surface area contributed by atoms with Crippen LogP contribution in [0.3, 0.4) is 0 Å². The van der Waals surface area contributed by atoms with Gasteiger partial charge in [-0.2, -0.15) is 0 Å². The van der Waals surface area contributed by atoms with Gasteiger partial charge in [-0.05, 0) is 50.3 Å². The number of carbonyl (C=O) groups excluding carboxylic acids is 3. The Morgan fingerprint density at radius 3 is 2.69 bits per heavy atom. The van der Waals surface area contributed by atoms with Crippen molar-refractivity contribution in [2.24, 2.45) is 5.41 Å². The van der Waals surface area contributed by atoms with Crippen molar-refractivity contribution in [3.63, 3.8) is 0 Å². The first-order valence-corrected chi connectivity index (χ1v) is 9.24. The van der Waals surface area contributed by atoms with Crippen LogP contribution in [-0.2, 0) is 25.5 Å². The molecule has 1 N–H and O–H groups in total. The Morgan fingerprint density at radius 1 is 1.35 bits per heavy atom. The van der Waals surface area contributed by atoms with Crippen molar-refractivity contribution in [2.75, 3.05) is 13.2 Å². The lowest BCUT2D eigenvalue weighted by atomic mass is 9.77. The first kappa shape index (κ1) is 20.2. The molecule has 0 aliphatic carbocycles. The third-order valence-corrected chi connectivity index (χ3v) is 5.16. The second kappa shape index (κ2) is 8.54. The number of aromatic nitrogens is 1. The molecule has 0 saturated carbocycles. The van der Waals surface area contributed by atoms with Gasteiger partial charge in [0, 0.05) is 17.8 Å². The molecule has 1 aliphatic rings. The topological polar surface area (TPSA) is 85.4 Å². The van der Waals surface area contributed by atoms with E-state index in [1.165, 1.54) is 0 Å². The number of Topliss-reactive ketones (excluding diaryl/α,β-unsaturated/α-hetero) is 2. The van der Waals surface area contributed by atoms with E-state index in [0.717, 1.165) is 12.0 Å². The van der Waals surface area contributed by atoms with Crippen LogP contribution in [0, 0.1) is 5.41 Å². The van der Waals surface area contributed by atoms with Crippen LogP contribution >= 0.6 is 0 Å². The van der Waals surface area contributed by atoms with Gasteiger partial charge in [0.15, 0.2) is 5.54 Å². The molecule has 0 radical (unpaired) electrons. The van der Waals surface area contributed by atoms with Gasteiger partial charge in [0.2, 0.25) is 11.6 Å². The number of ether oxygens (including phenoxy) is 1. The predicted molar refractivity (Wildman–Crippen MR) is 97.6 cm³/mol. The maximum absolute atomic E-state index is 12.8. The molecule has 0 amide bonds. The summed E-state index contributed by atoms with van der Waals surface area (Å²) in [5.41, 5.74) is -1.24. The van der Waals surface area contributed by atoms with Crippen LogP contribution in [0.1, 0.15) is 52.0 Å². The third-order valence-electron chi connectivity index (χ3n) is 5.16. The largest absolute Gasteiger partial charge is 0.464 e. The van der Waals surface area contributed by atoms with Crippen molar-refractivity contribution in [3.05, 3.63) is 30.1 Å². The highest BCUT2D eigenvalue weighted by Crippen LogP contribution is 2.29. The van der Waals surface area contributed by atoms with Crippen molar-refractivity contribution >= 4 is 17.5 Å². The minimum Gasteiger partial charge on any atom is -0.464 e. The Bertz CT molecular complexity index is 649. The molecule has 1 aromatic heterocycles. The van der Waals surface area contributed by atoms with Crippen molar-refractivity contribution in [1.82, 2.24) is 10.3 Å². The Hall–Kier alpha value is -2.08. The number of pyridine rings is 1. The van der Waals surface area contributed by atoms with E-state index in [1.807, 2.05) is 19.1 Å². The highest BCUT2D eigenvalue weighted by atomic mass is 16.5. The first-order chi connectivity index (χ1) is 12.3. The van der Waals surface area contributed by atoms with Crippen LogP contribution in [0.4, 0.5) is 0 Å². The Labute approximate surface area is 154 Å². The van der Waals surface area contributed by atoms with Gasteiger partial charge in [-0.15, -0.1) is 0 Å². The molecule has 1 aromatic rings. The zero-order valence-electron chi connectivity index (χ0n) is 15.8. The Balaban J connectivity index is 1.98. The highest BCUT2D eigenvalue weighted by molar-refractivity contribution is 6.46. The van der Waals surface area contributed by atoms with Gasteiger partial charge >= 0.3 is 5.97 Å². The Kier molecular flexibility index (Phi) is 6.64. The van der Waals surface area contributed by atoms with E-state index in [9.17, 15) is 14.4 Å². The van der Waals surface area contributed by atoms with E-state index in [2.05, 4.69) is 10.3 Å². The summed E-state index contributed by atoms with van der Waals surface area (Å²) in [4.78, 5) is 42.2. The number of carbonyl (C=O) groups is 3. The highest BCUT2D eigenvalue weighted by Gasteiger charge is 2.53. The van der Waals surface area contributed by atoms with Gasteiger partial charge in [-0.3, -0.25) is 19.9 Å². The van der Waals surface area contributed by atoms with Gasteiger partial charge < -0.3 is 4.74 Å². The van der Waals surface area contributed by atoms with E-state index in [0.29, 0.717) is 32.2 Å². The summed E-state index contributed by atoms with van der Waals surface area (Å²) in [7, 11) is 0. The molecule has 26 heavy (non-hydrogen) atoms. The van der Waals surface area contributed by atoms with Crippen LogP contribution < -0.4 is 5.32 Å². The minimum absolute atomic E-state index is 0.204. The minimum atomic E-state index is -1.52. The summed E-state index contributed by atoms with van der Waals surface area (Å²) >= 11 is 0.